The zero-order valence-corrected chi connectivity index (χ0v) is 28.8. The summed E-state index contributed by atoms with van der Waals surface area (Å²) in [4.78, 5) is 46.3. The molecule has 10 nitrogen and oxygen atoms in total. The highest BCUT2D eigenvalue weighted by Gasteiger charge is 2.10. The van der Waals surface area contributed by atoms with Gasteiger partial charge in [-0.3, -0.25) is 19.2 Å². The van der Waals surface area contributed by atoms with Crippen molar-refractivity contribution in [1.82, 2.24) is 16.0 Å². The number of carboxylic acid groups (broad SMARTS) is 1. The fourth-order valence-corrected chi connectivity index (χ4v) is 4.99. The second kappa shape index (κ2) is 33.2. The van der Waals surface area contributed by atoms with Gasteiger partial charge in [0.2, 0.25) is 17.7 Å². The van der Waals surface area contributed by atoms with Gasteiger partial charge in [0.05, 0.1) is 19.8 Å². The van der Waals surface area contributed by atoms with Crippen LogP contribution in [0.1, 0.15) is 155 Å². The van der Waals surface area contributed by atoms with Crippen LogP contribution in [0.5, 0.6) is 0 Å². The Morgan fingerprint density at radius 2 is 1.04 bits per heavy atom. The van der Waals surface area contributed by atoms with E-state index in [1.54, 1.807) is 0 Å². The summed E-state index contributed by atoms with van der Waals surface area (Å²) in [7, 11) is 0. The second-order valence-corrected chi connectivity index (χ2v) is 12.3. The van der Waals surface area contributed by atoms with Crippen molar-refractivity contribution in [1.29, 1.82) is 0 Å². The molecular formula is C35H67N3O7. The number of nitrogens with one attached hydrogen (secondary N) is 3. The Morgan fingerprint density at radius 3 is 1.58 bits per heavy atom. The molecule has 45 heavy (non-hydrogen) atoms. The SMILES string of the molecule is CCCCNC(=O)COCCOCCNC(=O)CCC(C)NC(=O)CCCCCCCCCCCCCCCCCCC(=O)O. The number of unbranched alkanes of at least 4 members (excludes halogenated alkanes) is 16. The lowest BCUT2D eigenvalue weighted by atomic mass is 10.0. The molecule has 10 heteroatoms. The smallest absolute Gasteiger partial charge is 0.303 e. The van der Waals surface area contributed by atoms with Crippen LogP contribution < -0.4 is 16.0 Å². The van der Waals surface area contributed by atoms with Gasteiger partial charge in [-0.15, -0.1) is 0 Å². The molecule has 0 aromatic rings. The minimum Gasteiger partial charge on any atom is -0.481 e. The maximum Gasteiger partial charge on any atom is 0.303 e. The minimum absolute atomic E-state index is 0.0314. The number of amides is 3. The third-order valence-electron chi connectivity index (χ3n) is 7.78. The summed E-state index contributed by atoms with van der Waals surface area (Å²) >= 11 is 0. The maximum absolute atomic E-state index is 12.2. The van der Waals surface area contributed by atoms with E-state index in [9.17, 15) is 19.2 Å². The lowest BCUT2D eigenvalue weighted by molar-refractivity contribution is -0.137. The number of carboxylic acids is 1. The molecule has 1 unspecified atom stereocenters. The summed E-state index contributed by atoms with van der Waals surface area (Å²) in [5.74, 6) is -0.791. The van der Waals surface area contributed by atoms with Crippen molar-refractivity contribution in [3.05, 3.63) is 0 Å². The Bertz CT molecular complexity index is 736. The number of rotatable bonds is 34. The molecule has 4 N–H and O–H groups in total. The van der Waals surface area contributed by atoms with Crippen LogP contribution in [0.2, 0.25) is 0 Å². The number of carbonyl (C=O) groups excluding carboxylic acids is 3. The van der Waals surface area contributed by atoms with Crippen molar-refractivity contribution in [2.75, 3.05) is 39.5 Å². The summed E-state index contributed by atoms with van der Waals surface area (Å²) in [6.07, 6.45) is 22.9. The van der Waals surface area contributed by atoms with Gasteiger partial charge in [-0.1, -0.05) is 103 Å². The van der Waals surface area contributed by atoms with Gasteiger partial charge in [0.15, 0.2) is 0 Å². The van der Waals surface area contributed by atoms with Crippen LogP contribution in [0.4, 0.5) is 0 Å². The molecule has 0 spiro atoms. The molecule has 1 atom stereocenters. The fourth-order valence-electron chi connectivity index (χ4n) is 4.99. The highest BCUT2D eigenvalue weighted by atomic mass is 16.5. The molecule has 0 fully saturated rings. The van der Waals surface area contributed by atoms with Gasteiger partial charge in [0, 0.05) is 38.4 Å². The standard InChI is InChI=1S/C35H67N3O7/c1-3-4-25-36-34(41)30-45-29-28-44-27-26-37-32(39)24-23-31(2)38-33(40)21-19-17-15-13-11-9-7-5-6-8-10-12-14-16-18-20-22-35(42)43/h31H,3-30H2,1-2H3,(H,36,41)(H,37,39)(H,38,40)(H,42,43). The lowest BCUT2D eigenvalue weighted by Gasteiger charge is -2.14. The average Bonchev–Trinajstić information content (AvgIpc) is 3.00. The van der Waals surface area contributed by atoms with E-state index >= 15 is 0 Å². The van der Waals surface area contributed by atoms with E-state index in [2.05, 4.69) is 22.9 Å². The van der Waals surface area contributed by atoms with Gasteiger partial charge in [-0.05, 0) is 32.6 Å². The van der Waals surface area contributed by atoms with E-state index in [4.69, 9.17) is 14.6 Å². The summed E-state index contributed by atoms with van der Waals surface area (Å²) in [6, 6.07) is -0.0359. The molecule has 0 aliphatic heterocycles. The Morgan fingerprint density at radius 1 is 0.556 bits per heavy atom. The molecule has 264 valence electrons. The monoisotopic (exact) mass is 641 g/mol. The summed E-state index contributed by atoms with van der Waals surface area (Å²) in [5.41, 5.74) is 0. The van der Waals surface area contributed by atoms with E-state index in [0.717, 1.165) is 44.9 Å². The summed E-state index contributed by atoms with van der Waals surface area (Å²) < 4.78 is 10.7. The van der Waals surface area contributed by atoms with Gasteiger partial charge in [0.25, 0.3) is 0 Å². The van der Waals surface area contributed by atoms with Gasteiger partial charge in [-0.2, -0.15) is 0 Å². The Balaban J connectivity index is 3.42. The molecule has 0 bridgehead atoms. The summed E-state index contributed by atoms with van der Waals surface area (Å²) in [5, 5.41) is 17.2. The van der Waals surface area contributed by atoms with Crippen molar-refractivity contribution in [2.24, 2.45) is 0 Å². The molecule has 0 aliphatic rings. The molecular weight excluding hydrogens is 574 g/mol. The first-order valence-electron chi connectivity index (χ1n) is 18.0. The van der Waals surface area contributed by atoms with Crippen molar-refractivity contribution < 1.29 is 33.8 Å². The van der Waals surface area contributed by atoms with E-state index in [0.29, 0.717) is 58.6 Å². The first-order valence-corrected chi connectivity index (χ1v) is 18.0. The van der Waals surface area contributed by atoms with Crippen LogP contribution in [-0.2, 0) is 28.7 Å². The van der Waals surface area contributed by atoms with Crippen LogP contribution >= 0.6 is 0 Å². The summed E-state index contributed by atoms with van der Waals surface area (Å²) in [6.45, 7) is 6.20. The molecule has 0 aromatic carbocycles. The number of aliphatic carboxylic acids is 1. The highest BCUT2D eigenvalue weighted by molar-refractivity contribution is 5.77. The predicted molar refractivity (Wildman–Crippen MR) is 180 cm³/mol. The van der Waals surface area contributed by atoms with Gasteiger partial charge in [-0.25, -0.2) is 0 Å². The molecule has 0 saturated heterocycles. The zero-order valence-electron chi connectivity index (χ0n) is 28.8. The predicted octanol–water partition coefficient (Wildman–Crippen LogP) is 6.44. The Kier molecular flexibility index (Phi) is 31.5. The normalized spacial score (nSPS) is 11.7. The van der Waals surface area contributed by atoms with Gasteiger partial charge < -0.3 is 30.5 Å². The van der Waals surface area contributed by atoms with Crippen molar-refractivity contribution in [2.45, 2.75) is 161 Å². The van der Waals surface area contributed by atoms with Crippen LogP contribution in [-0.4, -0.2) is 74.4 Å². The molecule has 0 radical (unpaired) electrons. The number of hydrogen-bond donors (Lipinski definition) is 4. The molecule has 0 aromatic heterocycles. The van der Waals surface area contributed by atoms with Gasteiger partial charge in [0.1, 0.15) is 6.61 Å². The molecule has 0 heterocycles. The molecule has 0 aliphatic carbocycles. The van der Waals surface area contributed by atoms with Crippen LogP contribution in [0.25, 0.3) is 0 Å². The zero-order chi connectivity index (χ0) is 33.2. The first kappa shape index (κ1) is 42.8. The van der Waals surface area contributed by atoms with Crippen LogP contribution in [0, 0.1) is 0 Å². The fraction of sp³-hybridized carbons (Fsp3) is 0.886. The second-order valence-electron chi connectivity index (χ2n) is 12.3. The quantitative estimate of drug-likeness (QED) is 0.0592. The molecule has 0 rings (SSSR count). The van der Waals surface area contributed by atoms with Crippen LogP contribution in [0.15, 0.2) is 0 Å². The average molecular weight is 642 g/mol. The molecule has 0 saturated carbocycles. The third kappa shape index (κ3) is 34.5. The number of hydrogen-bond acceptors (Lipinski definition) is 6. The first-order chi connectivity index (χ1) is 21.8. The Labute approximate surface area is 273 Å². The van der Waals surface area contributed by atoms with E-state index in [-0.39, 0.29) is 30.4 Å². The lowest BCUT2D eigenvalue weighted by Crippen LogP contribution is -2.34. The van der Waals surface area contributed by atoms with Crippen molar-refractivity contribution in [3.63, 3.8) is 0 Å². The molecule has 3 amide bonds. The minimum atomic E-state index is -0.681. The van der Waals surface area contributed by atoms with Gasteiger partial charge >= 0.3 is 5.97 Å². The highest BCUT2D eigenvalue weighted by Crippen LogP contribution is 2.14. The third-order valence-corrected chi connectivity index (χ3v) is 7.78. The number of carbonyl (C=O) groups is 4. The van der Waals surface area contributed by atoms with E-state index < -0.39 is 5.97 Å². The van der Waals surface area contributed by atoms with Crippen LogP contribution in [0.3, 0.4) is 0 Å². The largest absolute Gasteiger partial charge is 0.481 e. The van der Waals surface area contributed by atoms with E-state index in [1.807, 2.05) is 6.92 Å². The Hall–Kier alpha value is -2.20. The van der Waals surface area contributed by atoms with Crippen molar-refractivity contribution in [3.8, 4) is 0 Å². The maximum atomic E-state index is 12.2. The number of ether oxygens (including phenoxy) is 2. The van der Waals surface area contributed by atoms with E-state index in [1.165, 1.54) is 70.6 Å². The van der Waals surface area contributed by atoms with Crippen molar-refractivity contribution >= 4 is 23.7 Å². The topological polar surface area (TPSA) is 143 Å².